The van der Waals surface area contributed by atoms with Gasteiger partial charge in [0.25, 0.3) is 0 Å². The number of hydrogen-bond donors (Lipinski definition) is 2. The molecule has 2 N–H and O–H groups in total. The van der Waals surface area contributed by atoms with Crippen LogP contribution in [0.1, 0.15) is 0 Å². The Hall–Kier alpha value is -2.92. The molecular formula is C15H14F2N6O2S. The van der Waals surface area contributed by atoms with Gasteiger partial charge in [-0.25, -0.2) is 21.9 Å². The summed E-state index contributed by atoms with van der Waals surface area (Å²) in [5.41, 5.74) is 1.01. The van der Waals surface area contributed by atoms with Gasteiger partial charge in [-0.2, -0.15) is 4.80 Å². The van der Waals surface area contributed by atoms with Gasteiger partial charge in [-0.05, 0) is 42.6 Å². The number of anilines is 2. The van der Waals surface area contributed by atoms with Crippen molar-refractivity contribution in [1.29, 1.82) is 0 Å². The molecule has 1 aromatic heterocycles. The summed E-state index contributed by atoms with van der Waals surface area (Å²) in [5, 5.41) is 14.6. The molecule has 0 atom stereocenters. The number of aromatic nitrogens is 4. The average molecular weight is 380 g/mol. The normalized spacial score (nSPS) is 11.5. The fraction of sp³-hybridized carbons (Fsp3) is 0.133. The van der Waals surface area contributed by atoms with Crippen molar-refractivity contribution in [1.82, 2.24) is 24.9 Å². The lowest BCUT2D eigenvalue weighted by atomic mass is 10.1. The predicted octanol–water partition coefficient (Wildman–Crippen LogP) is 1.81. The summed E-state index contributed by atoms with van der Waals surface area (Å²) in [6.07, 6.45) is 0. The molecule has 11 heteroatoms. The smallest absolute Gasteiger partial charge is 0.240 e. The van der Waals surface area contributed by atoms with Crippen LogP contribution in [0.2, 0.25) is 0 Å². The van der Waals surface area contributed by atoms with Crippen LogP contribution < -0.4 is 10.0 Å². The van der Waals surface area contributed by atoms with Crippen molar-refractivity contribution in [2.45, 2.75) is 4.90 Å². The molecule has 0 spiro atoms. The third-order valence-corrected chi connectivity index (χ3v) is 4.93. The van der Waals surface area contributed by atoms with Gasteiger partial charge in [0.1, 0.15) is 0 Å². The first-order valence-electron chi connectivity index (χ1n) is 7.34. The fourth-order valence-corrected chi connectivity index (χ4v) is 2.98. The number of tetrazole rings is 1. The SMILES string of the molecule is CNS(=O)(=O)c1ccc(Nc2ccc(F)c(F)c2)c(-c2nnn(C)n2)c1. The molecule has 0 saturated heterocycles. The van der Waals surface area contributed by atoms with Crippen LogP contribution >= 0.6 is 0 Å². The Kier molecular flexibility index (Phi) is 4.66. The largest absolute Gasteiger partial charge is 0.355 e. The number of rotatable bonds is 5. The Morgan fingerprint density at radius 1 is 1.08 bits per heavy atom. The molecule has 8 nitrogen and oxygen atoms in total. The van der Waals surface area contributed by atoms with Crippen LogP contribution in [0.25, 0.3) is 11.4 Å². The third kappa shape index (κ3) is 3.53. The average Bonchev–Trinajstić information content (AvgIpc) is 3.04. The lowest BCUT2D eigenvalue weighted by molar-refractivity contribution is 0.509. The molecule has 0 bridgehead atoms. The van der Waals surface area contributed by atoms with Gasteiger partial charge in [0.2, 0.25) is 15.8 Å². The second kappa shape index (κ2) is 6.77. The Labute approximate surface area is 147 Å². The van der Waals surface area contributed by atoms with Crippen molar-refractivity contribution < 1.29 is 17.2 Å². The quantitative estimate of drug-likeness (QED) is 0.700. The summed E-state index contributed by atoms with van der Waals surface area (Å²) in [6.45, 7) is 0. The molecule has 0 radical (unpaired) electrons. The fourth-order valence-electron chi connectivity index (χ4n) is 2.22. The minimum atomic E-state index is -3.69. The standard InChI is InChI=1S/C15H14F2N6O2S/c1-18-26(24,25)10-4-6-14(11(8-10)15-20-22-23(2)21-15)19-9-3-5-12(16)13(17)7-9/h3-8,18-19H,1-2H3. The van der Waals surface area contributed by atoms with Crippen LogP contribution in [-0.2, 0) is 17.1 Å². The summed E-state index contributed by atoms with van der Waals surface area (Å²) in [4.78, 5) is 1.22. The second-order valence-corrected chi connectivity index (χ2v) is 7.16. The summed E-state index contributed by atoms with van der Waals surface area (Å²) in [7, 11) is -0.837. The number of aryl methyl sites for hydroxylation is 1. The molecule has 2 aromatic carbocycles. The van der Waals surface area contributed by atoms with Crippen molar-refractivity contribution in [3.63, 3.8) is 0 Å². The third-order valence-electron chi connectivity index (χ3n) is 3.52. The maximum absolute atomic E-state index is 13.4. The van der Waals surface area contributed by atoms with E-state index in [9.17, 15) is 17.2 Å². The van der Waals surface area contributed by atoms with Crippen LogP contribution in [0.15, 0.2) is 41.3 Å². The number of nitrogens with zero attached hydrogens (tertiary/aromatic N) is 4. The number of halogens is 2. The molecule has 0 fully saturated rings. The van der Waals surface area contributed by atoms with Gasteiger partial charge in [-0.1, -0.05) is 0 Å². The first-order valence-corrected chi connectivity index (χ1v) is 8.82. The van der Waals surface area contributed by atoms with E-state index in [2.05, 4.69) is 25.4 Å². The maximum Gasteiger partial charge on any atom is 0.240 e. The van der Waals surface area contributed by atoms with Crippen molar-refractivity contribution in [3.8, 4) is 11.4 Å². The highest BCUT2D eigenvalue weighted by Crippen LogP contribution is 2.30. The lowest BCUT2D eigenvalue weighted by Gasteiger charge is -2.12. The van der Waals surface area contributed by atoms with E-state index >= 15 is 0 Å². The van der Waals surface area contributed by atoms with E-state index in [1.165, 1.54) is 36.1 Å². The Balaban J connectivity index is 2.10. The number of nitrogens with one attached hydrogen (secondary N) is 2. The van der Waals surface area contributed by atoms with E-state index in [0.717, 1.165) is 12.1 Å². The zero-order valence-electron chi connectivity index (χ0n) is 13.7. The topological polar surface area (TPSA) is 102 Å². The van der Waals surface area contributed by atoms with Crippen LogP contribution in [0.4, 0.5) is 20.2 Å². The van der Waals surface area contributed by atoms with Crippen molar-refractivity contribution >= 4 is 21.4 Å². The Morgan fingerprint density at radius 2 is 1.85 bits per heavy atom. The summed E-state index contributed by atoms with van der Waals surface area (Å²) >= 11 is 0. The molecule has 3 aromatic rings. The number of sulfonamides is 1. The van der Waals surface area contributed by atoms with E-state index in [0.29, 0.717) is 11.3 Å². The van der Waals surface area contributed by atoms with Crippen LogP contribution in [0.3, 0.4) is 0 Å². The first-order chi connectivity index (χ1) is 12.3. The molecule has 26 heavy (non-hydrogen) atoms. The van der Waals surface area contributed by atoms with Gasteiger partial charge in [-0.15, -0.1) is 10.2 Å². The van der Waals surface area contributed by atoms with Crippen molar-refractivity contribution in [2.75, 3.05) is 12.4 Å². The van der Waals surface area contributed by atoms with Crippen LogP contribution in [0.5, 0.6) is 0 Å². The molecule has 3 rings (SSSR count). The molecule has 0 saturated carbocycles. The summed E-state index contributed by atoms with van der Waals surface area (Å²) in [6, 6.07) is 7.54. The molecule has 136 valence electrons. The van der Waals surface area contributed by atoms with E-state index in [-0.39, 0.29) is 16.4 Å². The summed E-state index contributed by atoms with van der Waals surface area (Å²) < 4.78 is 52.9. The van der Waals surface area contributed by atoms with Gasteiger partial charge in [0.05, 0.1) is 11.9 Å². The van der Waals surface area contributed by atoms with Crippen LogP contribution in [-0.4, -0.2) is 35.7 Å². The zero-order chi connectivity index (χ0) is 18.9. The molecule has 0 unspecified atom stereocenters. The maximum atomic E-state index is 13.4. The van der Waals surface area contributed by atoms with Gasteiger partial charge in [-0.3, -0.25) is 0 Å². The molecular weight excluding hydrogens is 366 g/mol. The highest BCUT2D eigenvalue weighted by molar-refractivity contribution is 7.89. The Morgan fingerprint density at radius 3 is 2.46 bits per heavy atom. The monoisotopic (exact) mass is 380 g/mol. The summed E-state index contributed by atoms with van der Waals surface area (Å²) in [5.74, 6) is -1.81. The molecule has 0 aliphatic heterocycles. The zero-order valence-corrected chi connectivity index (χ0v) is 14.6. The van der Waals surface area contributed by atoms with Crippen molar-refractivity contribution in [3.05, 3.63) is 48.0 Å². The number of benzene rings is 2. The lowest BCUT2D eigenvalue weighted by Crippen LogP contribution is -2.18. The Bertz CT molecular complexity index is 1070. The van der Waals surface area contributed by atoms with E-state index in [1.807, 2.05) is 0 Å². The van der Waals surface area contributed by atoms with Crippen LogP contribution in [0, 0.1) is 11.6 Å². The highest BCUT2D eigenvalue weighted by Gasteiger charge is 2.18. The second-order valence-electron chi connectivity index (χ2n) is 5.27. The van der Waals surface area contributed by atoms with E-state index < -0.39 is 21.7 Å². The van der Waals surface area contributed by atoms with Gasteiger partial charge < -0.3 is 5.32 Å². The molecule has 0 aliphatic carbocycles. The van der Waals surface area contributed by atoms with Gasteiger partial charge in [0, 0.05) is 23.0 Å². The molecule has 1 heterocycles. The van der Waals surface area contributed by atoms with Crippen molar-refractivity contribution in [2.24, 2.45) is 7.05 Å². The van der Waals surface area contributed by atoms with E-state index in [4.69, 9.17) is 0 Å². The minimum absolute atomic E-state index is 0.00158. The first kappa shape index (κ1) is 17.9. The number of hydrogen-bond acceptors (Lipinski definition) is 6. The minimum Gasteiger partial charge on any atom is -0.355 e. The highest BCUT2D eigenvalue weighted by atomic mass is 32.2. The molecule has 0 aliphatic rings. The van der Waals surface area contributed by atoms with Gasteiger partial charge in [0.15, 0.2) is 11.6 Å². The van der Waals surface area contributed by atoms with E-state index in [1.54, 1.807) is 7.05 Å². The van der Waals surface area contributed by atoms with Gasteiger partial charge >= 0.3 is 0 Å². The molecule has 0 amide bonds. The predicted molar refractivity (Wildman–Crippen MR) is 90.1 cm³/mol.